The second-order valence-corrected chi connectivity index (χ2v) is 38.4. The number of nitrogens with zero attached hydrogens (tertiary/aromatic N) is 11. The van der Waals surface area contributed by atoms with Crippen molar-refractivity contribution in [2.45, 2.75) is 175 Å². The minimum Gasteiger partial charge on any atom is -0.780 e. The van der Waals surface area contributed by atoms with Crippen molar-refractivity contribution < 1.29 is 122 Å². The summed E-state index contributed by atoms with van der Waals surface area (Å²) in [5.74, 6) is -0.588. The molecule has 26 atom stereocenters. The Labute approximate surface area is 670 Å². The maximum Gasteiger partial charge on any atom is 0.330 e. The lowest BCUT2D eigenvalue weighted by Crippen LogP contribution is -2.51. The highest BCUT2D eigenvalue weighted by molar-refractivity contribution is 8.32. The predicted octanol–water partition coefficient (Wildman–Crippen LogP) is -2.73. The van der Waals surface area contributed by atoms with E-state index in [2.05, 4.69) is 49.8 Å². The third-order valence-corrected chi connectivity index (χ3v) is 26.5. The number of aromatic amines is 3. The van der Waals surface area contributed by atoms with Gasteiger partial charge in [-0.15, -0.1) is 0 Å². The molecule has 0 aliphatic carbocycles. The molecule has 10 N–H and O–H groups in total. The summed E-state index contributed by atoms with van der Waals surface area (Å²) < 4.78 is 149. The highest BCUT2D eigenvalue weighted by Gasteiger charge is 2.70. The maximum atomic E-state index is 15.5. The van der Waals surface area contributed by atoms with E-state index in [9.17, 15) is 29.2 Å². The molecular weight excluding hydrogens is 1690 g/mol. The van der Waals surface area contributed by atoms with E-state index in [0.717, 1.165) is 10.9 Å². The number of methoxy groups -OCH3 is 3. The van der Waals surface area contributed by atoms with E-state index in [1.54, 1.807) is 20.8 Å². The Morgan fingerprint density at radius 3 is 1.56 bits per heavy atom. The van der Waals surface area contributed by atoms with Crippen LogP contribution >= 0.6 is 27.0 Å². The Kier molecular flexibility index (Phi) is 25.8. The van der Waals surface area contributed by atoms with E-state index < -0.39 is 210 Å². The summed E-state index contributed by atoms with van der Waals surface area (Å²) in [7, 11) is 4.29. The molecule has 7 saturated heterocycles. The van der Waals surface area contributed by atoms with E-state index in [1.807, 2.05) is 0 Å². The molecule has 7 aromatic heterocycles. The Morgan fingerprint density at radius 2 is 1.03 bits per heavy atom. The van der Waals surface area contributed by atoms with Gasteiger partial charge in [0.15, 0.2) is 65.5 Å². The Hall–Kier alpha value is -5.14. The molecule has 47 nitrogen and oxygen atoms in total. The van der Waals surface area contributed by atoms with Gasteiger partial charge < -0.3 is 147 Å². The molecule has 7 aliphatic heterocycles. The number of imidazole rings is 3. The number of ether oxygens (including phenoxy) is 13. The number of nitrogens with one attached hydrogen (secondary N) is 3. The van der Waals surface area contributed by atoms with Crippen LogP contribution in [0.2, 0.25) is 0 Å². The number of H-pyrrole nitrogens is 3. The first kappa shape index (κ1) is 86.2. The van der Waals surface area contributed by atoms with Gasteiger partial charge in [0.1, 0.15) is 116 Å². The molecule has 0 saturated carbocycles. The molecule has 7 aliphatic rings. The van der Waals surface area contributed by atoms with Crippen LogP contribution < -0.4 is 54.2 Å². The lowest BCUT2D eigenvalue weighted by Gasteiger charge is -2.41. The van der Waals surface area contributed by atoms with Crippen molar-refractivity contribution >= 4 is 126 Å². The molecule has 0 amide bonds. The molecule has 7 aromatic rings. The van der Waals surface area contributed by atoms with Crippen molar-refractivity contribution in [3.05, 3.63) is 78.6 Å². The van der Waals surface area contributed by atoms with Gasteiger partial charge in [0.25, 0.3) is 16.7 Å². The number of rotatable bonds is 37. The van der Waals surface area contributed by atoms with Crippen molar-refractivity contribution in [2.75, 3.05) is 105 Å². The molecule has 7 fully saturated rings. The zero-order chi connectivity index (χ0) is 82.2. The fourth-order valence-corrected chi connectivity index (χ4v) is 20.6. The fraction of sp³-hybridized carbons (Fsp3) is 0.683. The lowest BCUT2D eigenvalue weighted by molar-refractivity contribution is -0.241. The van der Waals surface area contributed by atoms with Crippen LogP contribution in [0.3, 0.4) is 0 Å². The molecule has 9 unspecified atom stereocenters. The second kappa shape index (κ2) is 34.4. The summed E-state index contributed by atoms with van der Waals surface area (Å²) in [6, 6.07) is 0. The smallest absolute Gasteiger partial charge is 0.330 e. The van der Waals surface area contributed by atoms with Gasteiger partial charge in [0.2, 0.25) is 11.9 Å². The predicted molar refractivity (Wildman–Crippen MR) is 400 cm³/mol. The molecule has 55 heteroatoms. The van der Waals surface area contributed by atoms with E-state index in [1.165, 1.54) is 74.1 Å². The molecule has 634 valence electrons. The highest BCUT2D eigenvalue weighted by atomic mass is 32.7. The van der Waals surface area contributed by atoms with Gasteiger partial charge in [-0.3, -0.25) is 52.2 Å². The fourth-order valence-electron chi connectivity index (χ4n) is 14.9. The van der Waals surface area contributed by atoms with Crippen LogP contribution in [0, 0.1) is 6.92 Å². The van der Waals surface area contributed by atoms with Crippen molar-refractivity contribution in [3.63, 3.8) is 0 Å². The van der Waals surface area contributed by atoms with E-state index in [-0.39, 0.29) is 103 Å². The van der Waals surface area contributed by atoms with Crippen molar-refractivity contribution in [3.8, 4) is 0 Å². The number of fused-ring (bicyclic) bond motifs is 7. The molecular formula is C60H81N17O30P4S4-4. The number of aryl methyl sites for hydroxylation is 1. The maximum absolute atomic E-state index is 15.5. The quantitative estimate of drug-likeness (QED) is 0.0118. The summed E-state index contributed by atoms with van der Waals surface area (Å²) in [4.78, 5) is 134. The summed E-state index contributed by atoms with van der Waals surface area (Å²) in [6.07, 6.45) is -20.1. The van der Waals surface area contributed by atoms with Crippen molar-refractivity contribution in [1.82, 2.24) is 68.1 Å². The monoisotopic (exact) mass is 1770 g/mol. The normalized spacial score (nSPS) is 33.9. The van der Waals surface area contributed by atoms with Crippen molar-refractivity contribution in [2.24, 2.45) is 0 Å². The van der Waals surface area contributed by atoms with Gasteiger partial charge in [-0.2, -0.15) is 9.97 Å². The first-order chi connectivity index (χ1) is 54.6. The van der Waals surface area contributed by atoms with Crippen LogP contribution in [0.15, 0.2) is 50.7 Å². The van der Waals surface area contributed by atoms with Gasteiger partial charge in [-0.25, -0.2) is 29.7 Å². The molecule has 14 rings (SSSR count). The standard InChI is InChI=1S/C60H85N17O30P4S4/c1-9-29-37(39(91-14-11-88-7)52(100-29)76-23-67-33-47(76)69-56(62)71-50(33)80)104-110(85,114)95-20-60-28(5)99-42(55(103-60)75-22-66-32-45(61)64-21-65-46(32)75)44(60)107-109(84,113)94-18-31-38(40(92-15-12-89-8)53(101-31)77-24-68-34-48(77)70-57(63)72-51(34)81)105-111(86,115)96-19-59-27(4)98-41(54(102-59)74-16-25(2)49(79)73-58(74)82)43(59)106-108(83,112)93-17-30-35(78)36(26(3)97-30)90-13-10-87-6/h16,21-24,26-31,35-44,52-55,78H,9-15,17-20H2,1-8H3,(H,83,112)(H,84,113)(H,85,114)(H,86,115)(H2,61,64,65)(H,73,79,82)(H3,62,69,71,80)(H3,63,70,72,81)/p-4/t26-,27-,28-,29+,30+,31+,35-,36?,37-,38-,39?,40?,41?,42?,43+,44+,52+,53+,54+,55+,59-,60-,108?,109?,110?,111?/m0/s1. The van der Waals surface area contributed by atoms with Crippen LogP contribution in [-0.4, -0.2) is 269 Å². The van der Waals surface area contributed by atoms with Crippen LogP contribution in [0.4, 0.5) is 17.7 Å². The van der Waals surface area contributed by atoms with Gasteiger partial charge in [0.05, 0.1) is 109 Å². The average Bonchev–Trinajstić information content (AvgIpc) is 1.55. The summed E-state index contributed by atoms with van der Waals surface area (Å²) >= 11 is 22.7. The minimum atomic E-state index is -5.18. The van der Waals surface area contributed by atoms with Crippen molar-refractivity contribution in [1.29, 1.82) is 0 Å². The van der Waals surface area contributed by atoms with Gasteiger partial charge >= 0.3 is 5.69 Å². The number of hydrogen-bond donors (Lipinski definition) is 7. The number of aromatic nitrogens is 14. The summed E-state index contributed by atoms with van der Waals surface area (Å²) in [5, 5.41) is 11.2. The number of nitrogens with two attached hydrogens (primary N) is 3. The highest BCUT2D eigenvalue weighted by Crippen LogP contribution is 2.61. The van der Waals surface area contributed by atoms with Gasteiger partial charge in [-0.05, 0) is 34.1 Å². The molecule has 4 bridgehead atoms. The molecule has 14 heterocycles. The Morgan fingerprint density at radius 1 is 0.557 bits per heavy atom. The Bertz CT molecular complexity index is 5170. The summed E-state index contributed by atoms with van der Waals surface area (Å²) in [6.45, 7) is -15.4. The molecule has 0 radical (unpaired) electrons. The number of hydrogen-bond acceptors (Lipinski definition) is 44. The third kappa shape index (κ3) is 17.2. The molecule has 0 aromatic carbocycles. The van der Waals surface area contributed by atoms with Gasteiger partial charge in [-0.1, -0.05) is 42.3 Å². The van der Waals surface area contributed by atoms with Gasteiger partial charge in [0, 0.05) is 33.1 Å². The summed E-state index contributed by atoms with van der Waals surface area (Å²) in [5.41, 5.74) is 10.9. The topological polar surface area (TPSA) is 604 Å². The Balaban J connectivity index is 0.754. The molecule has 115 heavy (non-hydrogen) atoms. The van der Waals surface area contributed by atoms with Crippen LogP contribution in [0.5, 0.6) is 0 Å². The zero-order valence-corrected chi connectivity index (χ0v) is 68.9. The van der Waals surface area contributed by atoms with Crippen LogP contribution in [0.25, 0.3) is 33.5 Å². The largest absolute Gasteiger partial charge is 0.780 e. The van der Waals surface area contributed by atoms with E-state index >= 15 is 14.4 Å². The molecule has 0 spiro atoms. The number of aliphatic hydroxyl groups excluding tert-OH is 1. The van der Waals surface area contributed by atoms with E-state index in [4.69, 9.17) is 163 Å². The average molecular weight is 1770 g/mol. The van der Waals surface area contributed by atoms with Crippen LogP contribution in [0.1, 0.15) is 64.6 Å². The lowest BCUT2D eigenvalue weighted by atomic mass is 9.94. The first-order valence-corrected chi connectivity index (χ1v) is 45.7. The van der Waals surface area contributed by atoms with Crippen LogP contribution in [-0.2, 0) is 150 Å². The minimum absolute atomic E-state index is 0.0123. The SMILES string of the molecule is CC[C@H]1O[C@@H](n2cnc3c(=O)[nH]c(N)nc32)C(OCCOC)[C@H]1OP([O-])(=S)OC[C@]12O[C@@H](n3cnc4c(N)ncnc43)C(O[C@H]1C)[C@H]2OP(=O)([S-])OC[C@H]1O[C@@H](n2cnc3c(=O)[nH]c(N)nc32)C(OCCOC)[C@H]1OP([O-])(=S)OC[C@]12O[C@@H](n3cc(C)c(=O)[nH]c3=O)C(O[C@H]1C)[C@H]2OP([O-])(=S)OC[C@H]1O[C@@H](C)C(OCCOC)[C@H]1O. The number of anilines is 3. The third-order valence-electron chi connectivity index (χ3n) is 20.4. The number of aliphatic hydroxyl groups is 1. The zero-order valence-electron chi connectivity index (χ0n) is 62.1. The van der Waals surface area contributed by atoms with E-state index in [0.29, 0.717) is 0 Å². The first-order valence-electron chi connectivity index (χ1n) is 35.5. The number of nitrogen functional groups attached to an aromatic ring is 3. The second-order valence-electron chi connectivity index (χ2n) is 27.5.